The van der Waals surface area contributed by atoms with Gasteiger partial charge in [0.15, 0.2) is 0 Å². The van der Waals surface area contributed by atoms with Crippen molar-refractivity contribution >= 4 is 17.5 Å². The number of rotatable bonds is 5. The third kappa shape index (κ3) is 3.92. The number of para-hydroxylation sites is 1. The normalized spacial score (nSPS) is 16.4. The van der Waals surface area contributed by atoms with E-state index in [0.29, 0.717) is 28.4 Å². The molecule has 7 nitrogen and oxygen atoms in total. The third-order valence-electron chi connectivity index (χ3n) is 4.94. The largest absolute Gasteiger partial charge is 0.456 e. The van der Waals surface area contributed by atoms with E-state index in [4.69, 9.17) is 10.00 Å². The van der Waals surface area contributed by atoms with Crippen LogP contribution in [0, 0.1) is 11.3 Å². The number of nitriles is 1. The van der Waals surface area contributed by atoms with Crippen molar-refractivity contribution in [2.24, 2.45) is 0 Å². The average molecular weight is 388 g/mol. The number of carbonyl (C=O) groups is 2. The molecule has 146 valence electrons. The SMILES string of the molecule is N#Cc1ccccc1Oc1ccc(NC2=C(N3CCCCC3)C(=O)NC2=O)cc1. The topological polar surface area (TPSA) is 94.5 Å². The highest BCUT2D eigenvalue weighted by Gasteiger charge is 2.34. The van der Waals surface area contributed by atoms with E-state index in [-0.39, 0.29) is 11.6 Å². The lowest BCUT2D eigenvalue weighted by atomic mass is 10.1. The van der Waals surface area contributed by atoms with Crippen LogP contribution >= 0.6 is 0 Å². The van der Waals surface area contributed by atoms with Crippen LogP contribution < -0.4 is 15.4 Å². The minimum Gasteiger partial charge on any atom is -0.456 e. The molecule has 1 fully saturated rings. The van der Waals surface area contributed by atoms with Crippen LogP contribution in [0.25, 0.3) is 0 Å². The van der Waals surface area contributed by atoms with Crippen LogP contribution in [0.1, 0.15) is 24.8 Å². The maximum atomic E-state index is 12.3. The predicted molar refractivity (Wildman–Crippen MR) is 107 cm³/mol. The zero-order valence-corrected chi connectivity index (χ0v) is 15.8. The Bertz CT molecular complexity index is 1020. The molecule has 7 heteroatoms. The van der Waals surface area contributed by atoms with E-state index in [2.05, 4.69) is 16.7 Å². The van der Waals surface area contributed by atoms with E-state index in [1.807, 2.05) is 4.90 Å². The number of piperidine rings is 1. The van der Waals surface area contributed by atoms with Crippen molar-refractivity contribution in [1.82, 2.24) is 10.2 Å². The number of benzene rings is 2. The van der Waals surface area contributed by atoms with Gasteiger partial charge in [0, 0.05) is 18.8 Å². The molecular weight excluding hydrogens is 368 g/mol. The van der Waals surface area contributed by atoms with Crippen LogP contribution in [-0.2, 0) is 9.59 Å². The summed E-state index contributed by atoms with van der Waals surface area (Å²) in [6.45, 7) is 1.54. The van der Waals surface area contributed by atoms with E-state index in [0.717, 1.165) is 32.4 Å². The zero-order valence-electron chi connectivity index (χ0n) is 15.8. The summed E-state index contributed by atoms with van der Waals surface area (Å²) in [6, 6.07) is 16.1. The molecule has 0 aliphatic carbocycles. The smallest absolute Gasteiger partial charge is 0.276 e. The number of nitrogens with zero attached hydrogens (tertiary/aromatic N) is 2. The van der Waals surface area contributed by atoms with Crippen LogP contribution in [0.3, 0.4) is 0 Å². The molecule has 0 saturated carbocycles. The maximum Gasteiger partial charge on any atom is 0.276 e. The molecule has 0 spiro atoms. The van der Waals surface area contributed by atoms with Crippen molar-refractivity contribution in [2.45, 2.75) is 19.3 Å². The Labute approximate surface area is 168 Å². The van der Waals surface area contributed by atoms with Gasteiger partial charge in [-0.3, -0.25) is 14.9 Å². The summed E-state index contributed by atoms with van der Waals surface area (Å²) in [5.41, 5.74) is 1.81. The summed E-state index contributed by atoms with van der Waals surface area (Å²) in [5.74, 6) is 0.272. The molecule has 4 rings (SSSR count). The van der Waals surface area contributed by atoms with Crippen molar-refractivity contribution in [3.63, 3.8) is 0 Å². The first-order valence-electron chi connectivity index (χ1n) is 9.54. The molecule has 0 atom stereocenters. The molecule has 0 bridgehead atoms. The first kappa shape index (κ1) is 18.6. The van der Waals surface area contributed by atoms with Gasteiger partial charge in [0.2, 0.25) is 0 Å². The molecular formula is C22H20N4O3. The molecule has 2 heterocycles. The van der Waals surface area contributed by atoms with E-state index in [9.17, 15) is 9.59 Å². The van der Waals surface area contributed by atoms with Gasteiger partial charge in [-0.1, -0.05) is 12.1 Å². The predicted octanol–water partition coefficient (Wildman–Crippen LogP) is 3.12. The Morgan fingerprint density at radius 2 is 1.69 bits per heavy atom. The molecule has 29 heavy (non-hydrogen) atoms. The second-order valence-electron chi connectivity index (χ2n) is 6.91. The number of amides is 2. The lowest BCUT2D eigenvalue weighted by molar-refractivity contribution is -0.124. The summed E-state index contributed by atoms with van der Waals surface area (Å²) in [5, 5.41) is 14.6. The van der Waals surface area contributed by atoms with Gasteiger partial charge in [-0.2, -0.15) is 5.26 Å². The van der Waals surface area contributed by atoms with Crippen LogP contribution in [-0.4, -0.2) is 29.8 Å². The van der Waals surface area contributed by atoms with Gasteiger partial charge in [-0.25, -0.2) is 0 Å². The number of anilines is 1. The monoisotopic (exact) mass is 388 g/mol. The number of likely N-dealkylation sites (tertiary alicyclic amines) is 1. The number of ether oxygens (including phenoxy) is 1. The summed E-state index contributed by atoms with van der Waals surface area (Å²) >= 11 is 0. The van der Waals surface area contributed by atoms with Gasteiger partial charge in [0.1, 0.15) is 29.0 Å². The first-order chi connectivity index (χ1) is 14.2. The molecule has 2 aliphatic rings. The van der Waals surface area contributed by atoms with Crippen LogP contribution in [0.15, 0.2) is 59.9 Å². The van der Waals surface area contributed by atoms with Gasteiger partial charge in [0.05, 0.1) is 5.56 Å². The lowest BCUT2D eigenvalue weighted by Crippen LogP contribution is -2.34. The number of hydrogen-bond donors (Lipinski definition) is 2. The Morgan fingerprint density at radius 1 is 0.966 bits per heavy atom. The van der Waals surface area contributed by atoms with Crippen molar-refractivity contribution < 1.29 is 14.3 Å². The number of carbonyl (C=O) groups excluding carboxylic acids is 2. The van der Waals surface area contributed by atoms with Crippen molar-refractivity contribution in [2.75, 3.05) is 18.4 Å². The highest BCUT2D eigenvalue weighted by molar-refractivity contribution is 6.20. The highest BCUT2D eigenvalue weighted by Crippen LogP contribution is 2.27. The van der Waals surface area contributed by atoms with Gasteiger partial charge in [-0.05, 0) is 55.7 Å². The molecule has 0 radical (unpaired) electrons. The Morgan fingerprint density at radius 3 is 2.41 bits per heavy atom. The van der Waals surface area contributed by atoms with E-state index in [1.54, 1.807) is 48.5 Å². The van der Waals surface area contributed by atoms with Crippen molar-refractivity contribution in [1.29, 1.82) is 5.26 Å². The average Bonchev–Trinajstić information content (AvgIpc) is 3.03. The second-order valence-corrected chi connectivity index (χ2v) is 6.91. The van der Waals surface area contributed by atoms with Crippen molar-refractivity contribution in [3.05, 3.63) is 65.5 Å². The number of nitrogens with one attached hydrogen (secondary N) is 2. The Balaban J connectivity index is 1.53. The second kappa shape index (κ2) is 8.07. The van der Waals surface area contributed by atoms with Crippen LogP contribution in [0.5, 0.6) is 11.5 Å². The maximum absolute atomic E-state index is 12.3. The van der Waals surface area contributed by atoms with Gasteiger partial charge >= 0.3 is 0 Å². The summed E-state index contributed by atoms with van der Waals surface area (Å²) < 4.78 is 5.78. The van der Waals surface area contributed by atoms with E-state index < -0.39 is 5.91 Å². The minimum atomic E-state index is -0.418. The number of hydrogen-bond acceptors (Lipinski definition) is 6. The fraction of sp³-hybridized carbons (Fsp3) is 0.227. The zero-order chi connectivity index (χ0) is 20.2. The highest BCUT2D eigenvalue weighted by atomic mass is 16.5. The van der Waals surface area contributed by atoms with E-state index in [1.165, 1.54) is 0 Å². The molecule has 1 saturated heterocycles. The molecule has 2 N–H and O–H groups in total. The summed E-state index contributed by atoms with van der Waals surface area (Å²) in [4.78, 5) is 26.5. The van der Waals surface area contributed by atoms with E-state index >= 15 is 0 Å². The standard InChI is InChI=1S/C22H20N4O3/c23-14-15-6-2-3-7-18(15)29-17-10-8-16(9-11-17)24-19-20(22(28)25-21(19)27)26-12-4-1-5-13-26/h2-3,6-11H,1,4-5,12-13H2,(H2,24,25,27,28). The van der Waals surface area contributed by atoms with Gasteiger partial charge in [-0.15, -0.1) is 0 Å². The third-order valence-corrected chi connectivity index (χ3v) is 4.94. The molecule has 2 aliphatic heterocycles. The fourth-order valence-electron chi connectivity index (χ4n) is 3.51. The fourth-order valence-corrected chi connectivity index (χ4v) is 3.51. The molecule has 2 amide bonds. The molecule has 0 unspecified atom stereocenters. The summed E-state index contributed by atoms with van der Waals surface area (Å²) in [6.07, 6.45) is 3.15. The first-order valence-corrected chi connectivity index (χ1v) is 9.54. The molecule has 2 aromatic carbocycles. The molecule has 2 aromatic rings. The van der Waals surface area contributed by atoms with Crippen molar-refractivity contribution in [3.8, 4) is 17.6 Å². The Hall–Kier alpha value is -3.79. The van der Waals surface area contributed by atoms with Gasteiger partial charge in [0.25, 0.3) is 11.8 Å². The minimum absolute atomic E-state index is 0.278. The van der Waals surface area contributed by atoms with Crippen LogP contribution in [0.4, 0.5) is 5.69 Å². The van der Waals surface area contributed by atoms with Gasteiger partial charge < -0.3 is 15.0 Å². The lowest BCUT2D eigenvalue weighted by Gasteiger charge is -2.29. The summed E-state index contributed by atoms with van der Waals surface area (Å²) in [7, 11) is 0. The molecule has 0 aromatic heterocycles. The number of imide groups is 1. The quantitative estimate of drug-likeness (QED) is 0.765. The van der Waals surface area contributed by atoms with Crippen LogP contribution in [0.2, 0.25) is 0 Å². The Kier molecular flexibility index (Phi) is 5.16.